The van der Waals surface area contributed by atoms with Crippen molar-refractivity contribution in [3.05, 3.63) is 29.6 Å². The molecule has 1 fully saturated rings. The standard InChI is InChI=1S/C13H13FO4/c14-11-3-9(6-15)4-12(5-11)18-8-13(16)10-1-2-17-7-10/h3-6,10H,1-2,7-8H2. The van der Waals surface area contributed by atoms with Gasteiger partial charge in [-0.05, 0) is 18.6 Å². The minimum absolute atomic E-state index is 0.0654. The fraction of sp³-hybridized carbons (Fsp3) is 0.385. The van der Waals surface area contributed by atoms with E-state index in [4.69, 9.17) is 9.47 Å². The van der Waals surface area contributed by atoms with Gasteiger partial charge in [-0.1, -0.05) is 0 Å². The van der Waals surface area contributed by atoms with Crippen molar-refractivity contribution in [3.8, 4) is 5.75 Å². The van der Waals surface area contributed by atoms with E-state index >= 15 is 0 Å². The molecule has 0 saturated carbocycles. The number of halogens is 1. The van der Waals surface area contributed by atoms with Crippen molar-refractivity contribution in [2.75, 3.05) is 19.8 Å². The van der Waals surface area contributed by atoms with Crippen LogP contribution in [0.2, 0.25) is 0 Å². The topological polar surface area (TPSA) is 52.6 Å². The largest absolute Gasteiger partial charge is 0.486 e. The smallest absolute Gasteiger partial charge is 0.175 e. The molecule has 1 aliphatic heterocycles. The number of Topliss-reactive ketones (excluding diaryl/α,β-unsaturated/α-hetero) is 1. The molecule has 4 nitrogen and oxygen atoms in total. The lowest BCUT2D eigenvalue weighted by atomic mass is 10.0. The number of rotatable bonds is 5. The second-order valence-corrected chi connectivity index (χ2v) is 4.15. The highest BCUT2D eigenvalue weighted by molar-refractivity contribution is 5.83. The third-order valence-corrected chi connectivity index (χ3v) is 2.80. The monoisotopic (exact) mass is 252 g/mol. The Morgan fingerprint density at radius 1 is 1.50 bits per heavy atom. The molecule has 1 saturated heterocycles. The predicted molar refractivity (Wildman–Crippen MR) is 61.2 cm³/mol. The van der Waals surface area contributed by atoms with Gasteiger partial charge in [0, 0.05) is 24.2 Å². The van der Waals surface area contributed by atoms with Crippen molar-refractivity contribution in [2.45, 2.75) is 6.42 Å². The maximum Gasteiger partial charge on any atom is 0.175 e. The Hall–Kier alpha value is -1.75. The van der Waals surface area contributed by atoms with E-state index in [2.05, 4.69) is 0 Å². The van der Waals surface area contributed by atoms with E-state index in [0.29, 0.717) is 25.9 Å². The van der Waals surface area contributed by atoms with Gasteiger partial charge in [0.25, 0.3) is 0 Å². The van der Waals surface area contributed by atoms with Crippen LogP contribution in [0.25, 0.3) is 0 Å². The zero-order valence-corrected chi connectivity index (χ0v) is 9.73. The van der Waals surface area contributed by atoms with E-state index in [-0.39, 0.29) is 29.6 Å². The van der Waals surface area contributed by atoms with Crippen LogP contribution in [0.3, 0.4) is 0 Å². The summed E-state index contributed by atoms with van der Waals surface area (Å²) < 4.78 is 23.4. The Bertz CT molecular complexity index is 452. The third kappa shape index (κ3) is 3.13. The molecule has 2 rings (SSSR count). The molecular weight excluding hydrogens is 239 g/mol. The summed E-state index contributed by atoms with van der Waals surface area (Å²) in [5.74, 6) is -0.580. The molecule has 96 valence electrons. The van der Waals surface area contributed by atoms with Crippen molar-refractivity contribution in [3.63, 3.8) is 0 Å². The molecular formula is C13H13FO4. The van der Waals surface area contributed by atoms with E-state index in [1.54, 1.807) is 0 Å². The molecule has 0 bridgehead atoms. The van der Waals surface area contributed by atoms with Crippen LogP contribution in [0.1, 0.15) is 16.8 Å². The molecule has 0 aliphatic carbocycles. The summed E-state index contributed by atoms with van der Waals surface area (Å²) in [7, 11) is 0. The SMILES string of the molecule is O=Cc1cc(F)cc(OCC(=O)C2CCOC2)c1. The van der Waals surface area contributed by atoms with Crippen molar-refractivity contribution in [2.24, 2.45) is 5.92 Å². The summed E-state index contributed by atoms with van der Waals surface area (Å²) >= 11 is 0. The van der Waals surface area contributed by atoms with Gasteiger partial charge >= 0.3 is 0 Å². The molecule has 1 aromatic rings. The van der Waals surface area contributed by atoms with Crippen LogP contribution in [0, 0.1) is 11.7 Å². The second-order valence-electron chi connectivity index (χ2n) is 4.15. The number of ketones is 1. The molecule has 1 aromatic carbocycles. The predicted octanol–water partition coefficient (Wildman–Crippen LogP) is 1.62. The summed E-state index contributed by atoms with van der Waals surface area (Å²) in [5, 5.41) is 0. The fourth-order valence-corrected chi connectivity index (χ4v) is 1.80. The van der Waals surface area contributed by atoms with E-state index < -0.39 is 5.82 Å². The average Bonchev–Trinajstić information content (AvgIpc) is 2.89. The van der Waals surface area contributed by atoms with Crippen LogP contribution in [-0.4, -0.2) is 31.9 Å². The Morgan fingerprint density at radius 3 is 3.00 bits per heavy atom. The van der Waals surface area contributed by atoms with Crippen LogP contribution in [0.4, 0.5) is 4.39 Å². The first kappa shape index (κ1) is 12.7. The van der Waals surface area contributed by atoms with Gasteiger partial charge in [-0.2, -0.15) is 0 Å². The molecule has 18 heavy (non-hydrogen) atoms. The molecule has 5 heteroatoms. The van der Waals surface area contributed by atoms with Gasteiger partial charge in [-0.25, -0.2) is 4.39 Å². The zero-order valence-electron chi connectivity index (χ0n) is 9.73. The second kappa shape index (κ2) is 5.73. The van der Waals surface area contributed by atoms with Crippen LogP contribution in [0.15, 0.2) is 18.2 Å². The van der Waals surface area contributed by atoms with E-state index in [1.807, 2.05) is 0 Å². The summed E-state index contributed by atoms with van der Waals surface area (Å²) in [5.41, 5.74) is 0.182. The van der Waals surface area contributed by atoms with Crippen LogP contribution >= 0.6 is 0 Å². The van der Waals surface area contributed by atoms with Gasteiger partial charge in [0.15, 0.2) is 5.78 Å². The molecule has 0 spiro atoms. The molecule has 0 aromatic heterocycles. The molecule has 0 amide bonds. The van der Waals surface area contributed by atoms with Crippen molar-refractivity contribution in [1.29, 1.82) is 0 Å². The Labute approximate surface area is 104 Å². The van der Waals surface area contributed by atoms with E-state index in [0.717, 1.165) is 12.1 Å². The number of aldehydes is 1. The molecule has 1 aliphatic rings. The first-order valence-electron chi connectivity index (χ1n) is 5.68. The van der Waals surface area contributed by atoms with Crippen LogP contribution in [0.5, 0.6) is 5.75 Å². The summed E-state index contributed by atoms with van der Waals surface area (Å²) in [4.78, 5) is 22.2. The molecule has 1 heterocycles. The molecule has 0 radical (unpaired) electrons. The van der Waals surface area contributed by atoms with Crippen molar-refractivity contribution in [1.82, 2.24) is 0 Å². The molecule has 1 atom stereocenters. The lowest BCUT2D eigenvalue weighted by molar-refractivity contribution is -0.124. The lowest BCUT2D eigenvalue weighted by Crippen LogP contribution is -2.21. The van der Waals surface area contributed by atoms with Crippen LogP contribution < -0.4 is 4.74 Å². The highest BCUT2D eigenvalue weighted by Gasteiger charge is 2.23. The highest BCUT2D eigenvalue weighted by atomic mass is 19.1. The average molecular weight is 252 g/mol. The summed E-state index contributed by atoms with van der Waals surface area (Å²) in [6, 6.07) is 3.65. The highest BCUT2D eigenvalue weighted by Crippen LogP contribution is 2.17. The Balaban J connectivity index is 1.94. The minimum atomic E-state index is -0.564. The fourth-order valence-electron chi connectivity index (χ4n) is 1.80. The number of carbonyl (C=O) groups excluding carboxylic acids is 2. The Kier molecular flexibility index (Phi) is 4.04. The number of hydrogen-bond donors (Lipinski definition) is 0. The number of carbonyl (C=O) groups is 2. The van der Waals surface area contributed by atoms with Crippen LogP contribution in [-0.2, 0) is 9.53 Å². The normalized spacial score (nSPS) is 18.6. The zero-order chi connectivity index (χ0) is 13.0. The Morgan fingerprint density at radius 2 is 2.33 bits per heavy atom. The van der Waals surface area contributed by atoms with Crippen molar-refractivity contribution >= 4 is 12.1 Å². The van der Waals surface area contributed by atoms with Gasteiger partial charge in [-0.15, -0.1) is 0 Å². The number of hydrogen-bond acceptors (Lipinski definition) is 4. The van der Waals surface area contributed by atoms with Gasteiger partial charge in [-0.3, -0.25) is 9.59 Å². The van der Waals surface area contributed by atoms with Gasteiger partial charge in [0.05, 0.1) is 6.61 Å². The molecule has 0 N–H and O–H groups in total. The van der Waals surface area contributed by atoms with E-state index in [9.17, 15) is 14.0 Å². The minimum Gasteiger partial charge on any atom is -0.486 e. The summed E-state index contributed by atoms with van der Waals surface area (Å²) in [6.45, 7) is 0.881. The first-order valence-corrected chi connectivity index (χ1v) is 5.68. The van der Waals surface area contributed by atoms with Crippen molar-refractivity contribution < 1.29 is 23.5 Å². The van der Waals surface area contributed by atoms with Gasteiger partial charge in [0.1, 0.15) is 24.5 Å². The van der Waals surface area contributed by atoms with Gasteiger partial charge in [0.2, 0.25) is 0 Å². The number of benzene rings is 1. The maximum atomic E-state index is 13.1. The number of ether oxygens (including phenoxy) is 2. The lowest BCUT2D eigenvalue weighted by Gasteiger charge is -2.09. The quantitative estimate of drug-likeness (QED) is 0.747. The molecule has 1 unspecified atom stereocenters. The third-order valence-electron chi connectivity index (χ3n) is 2.80. The van der Waals surface area contributed by atoms with Gasteiger partial charge < -0.3 is 9.47 Å². The van der Waals surface area contributed by atoms with E-state index in [1.165, 1.54) is 6.07 Å². The first-order chi connectivity index (χ1) is 8.69. The maximum absolute atomic E-state index is 13.1. The summed E-state index contributed by atoms with van der Waals surface area (Å²) in [6.07, 6.45) is 1.23.